The molecule has 4 aromatic rings. The largest absolute Gasteiger partial charge is 0.494 e. The summed E-state index contributed by atoms with van der Waals surface area (Å²) in [6.45, 7) is 1.99. The summed E-state index contributed by atoms with van der Waals surface area (Å²) < 4.78 is 38.1. The lowest BCUT2D eigenvalue weighted by molar-refractivity contribution is -0.113. The van der Waals surface area contributed by atoms with E-state index in [2.05, 4.69) is 27.3 Å². The van der Waals surface area contributed by atoms with Crippen molar-refractivity contribution in [3.05, 3.63) is 48.0 Å². The number of rotatable bonds is 7. The fourth-order valence-corrected chi connectivity index (χ4v) is 7.65. The van der Waals surface area contributed by atoms with E-state index in [1.54, 1.807) is 13.2 Å². The third-order valence-corrected chi connectivity index (χ3v) is 9.98. The fourth-order valence-electron chi connectivity index (χ4n) is 7.65. The maximum atomic E-state index is 13.9. The molecule has 8 rings (SSSR count). The van der Waals surface area contributed by atoms with Crippen LogP contribution in [0.4, 0.5) is 8.78 Å². The molecule has 3 aliphatic carbocycles. The van der Waals surface area contributed by atoms with Gasteiger partial charge in [0.1, 0.15) is 11.3 Å². The zero-order chi connectivity index (χ0) is 28.0. The van der Waals surface area contributed by atoms with Crippen LogP contribution in [0, 0.1) is 17.8 Å². The summed E-state index contributed by atoms with van der Waals surface area (Å²) in [6, 6.07) is 14.2. The number of nitrogens with zero attached hydrogens (tertiary/aromatic N) is 4. The van der Waals surface area contributed by atoms with Gasteiger partial charge in [-0.25, -0.2) is 13.8 Å². The molecule has 4 fully saturated rings. The zero-order valence-corrected chi connectivity index (χ0v) is 23.2. The lowest BCUT2D eigenvalue weighted by Gasteiger charge is -2.35. The molecule has 214 valence electrons. The van der Waals surface area contributed by atoms with Gasteiger partial charge >= 0.3 is 0 Å². The van der Waals surface area contributed by atoms with Gasteiger partial charge in [0.15, 0.2) is 5.82 Å². The number of aromatic nitrogens is 3. The Hall–Kier alpha value is -3.46. The zero-order valence-electron chi connectivity index (χ0n) is 23.2. The van der Waals surface area contributed by atoms with Gasteiger partial charge in [0.05, 0.1) is 18.3 Å². The Morgan fingerprint density at radius 3 is 2.51 bits per heavy atom. The highest BCUT2D eigenvalue weighted by Crippen LogP contribution is 2.46. The summed E-state index contributed by atoms with van der Waals surface area (Å²) in [4.78, 5) is 20.8. The smallest absolute Gasteiger partial charge is 0.254 e. The van der Waals surface area contributed by atoms with Crippen LogP contribution in [0.25, 0.3) is 33.5 Å². The van der Waals surface area contributed by atoms with Crippen molar-refractivity contribution in [2.75, 3.05) is 13.7 Å². The monoisotopic (exact) mass is 559 g/mol. The Kier molecular flexibility index (Phi) is 5.56. The fraction of sp³-hybridized carbons (Fsp3) is 0.500. The summed E-state index contributed by atoms with van der Waals surface area (Å²) in [7, 11) is 1.59. The standard InChI is InChI=1S/C32H35F2N5O2/c1-41-27-12-22(31(40)38-17-21-8-9-25(38)28(21)35)10-23-29(27)39(16-19-13-32(33,34)14-19)30(36-23)26-11-20-4-2-3-5-24(20)37(26)15-18-6-7-18/h2-5,10-12,18-19,21,25,28H,6-9,13-17,35H2,1H3/t21?,25?,28-/m1/s1. The quantitative estimate of drug-likeness (QED) is 0.316. The van der Waals surface area contributed by atoms with Gasteiger partial charge in [-0.15, -0.1) is 0 Å². The lowest BCUT2D eigenvalue weighted by atomic mass is 9.81. The number of fused-ring (bicyclic) bond motifs is 4. The summed E-state index contributed by atoms with van der Waals surface area (Å²) in [5, 5.41) is 1.13. The summed E-state index contributed by atoms with van der Waals surface area (Å²) in [6.07, 6.45) is 4.16. The van der Waals surface area contributed by atoms with Crippen LogP contribution in [-0.2, 0) is 13.1 Å². The first-order valence-electron chi connectivity index (χ1n) is 14.9. The highest BCUT2D eigenvalue weighted by Gasteiger charge is 2.47. The number of hydrogen-bond acceptors (Lipinski definition) is 4. The molecule has 1 saturated heterocycles. The number of piperidine rings is 1. The number of methoxy groups -OCH3 is 1. The Morgan fingerprint density at radius 1 is 1.05 bits per heavy atom. The summed E-state index contributed by atoms with van der Waals surface area (Å²) >= 11 is 0. The molecule has 2 bridgehead atoms. The molecule has 1 aliphatic heterocycles. The number of hydrogen-bond donors (Lipinski definition) is 1. The normalized spacial score (nSPS) is 25.4. The minimum Gasteiger partial charge on any atom is -0.494 e. The second-order valence-electron chi connectivity index (χ2n) is 12.8. The number of carbonyl (C=O) groups is 1. The Bertz CT molecular complexity index is 1680. The van der Waals surface area contributed by atoms with Gasteiger partial charge < -0.3 is 24.5 Å². The van der Waals surface area contributed by atoms with Gasteiger partial charge in [-0.05, 0) is 67.7 Å². The first-order chi connectivity index (χ1) is 19.8. The molecule has 9 heteroatoms. The van der Waals surface area contributed by atoms with Gasteiger partial charge in [0.25, 0.3) is 5.91 Å². The van der Waals surface area contributed by atoms with Gasteiger partial charge in [-0.3, -0.25) is 4.79 Å². The average molecular weight is 560 g/mol. The Morgan fingerprint density at radius 2 is 1.83 bits per heavy atom. The minimum absolute atomic E-state index is 0.0318. The van der Waals surface area contributed by atoms with Crippen LogP contribution in [0.5, 0.6) is 5.75 Å². The molecule has 2 aromatic carbocycles. The van der Waals surface area contributed by atoms with Crippen molar-refractivity contribution >= 4 is 27.8 Å². The summed E-state index contributed by atoms with van der Waals surface area (Å²) in [5.74, 6) is -0.559. The molecule has 7 nitrogen and oxygen atoms in total. The van der Waals surface area contributed by atoms with E-state index in [1.807, 2.05) is 23.1 Å². The van der Waals surface area contributed by atoms with Crippen LogP contribution in [0.3, 0.4) is 0 Å². The molecule has 1 amide bonds. The van der Waals surface area contributed by atoms with Crippen LogP contribution in [0.1, 0.15) is 48.9 Å². The van der Waals surface area contributed by atoms with Crippen molar-refractivity contribution in [1.82, 2.24) is 19.0 Å². The van der Waals surface area contributed by atoms with Crippen molar-refractivity contribution in [2.24, 2.45) is 23.5 Å². The molecule has 2 N–H and O–H groups in total. The molecule has 0 radical (unpaired) electrons. The second kappa shape index (κ2) is 9.02. The second-order valence-corrected chi connectivity index (χ2v) is 12.8. The third kappa shape index (κ3) is 4.07. The molecule has 0 spiro atoms. The lowest BCUT2D eigenvalue weighted by Crippen LogP contribution is -2.41. The van der Waals surface area contributed by atoms with Crippen LogP contribution < -0.4 is 10.5 Å². The van der Waals surface area contributed by atoms with Crippen LogP contribution in [-0.4, -0.2) is 56.6 Å². The first kappa shape index (κ1) is 25.3. The molecule has 4 aliphatic rings. The molecule has 3 atom stereocenters. The molecule has 3 heterocycles. The number of para-hydroxylation sites is 1. The van der Waals surface area contributed by atoms with E-state index in [0.29, 0.717) is 41.8 Å². The highest BCUT2D eigenvalue weighted by atomic mass is 19.3. The molecule has 41 heavy (non-hydrogen) atoms. The van der Waals surface area contributed by atoms with Gasteiger partial charge in [-0.2, -0.15) is 0 Å². The molecular weight excluding hydrogens is 524 g/mol. The number of ether oxygens (including phenoxy) is 1. The van der Waals surface area contributed by atoms with E-state index in [-0.39, 0.29) is 36.8 Å². The number of carbonyl (C=O) groups excluding carboxylic acids is 1. The number of amides is 1. The minimum atomic E-state index is -2.61. The van der Waals surface area contributed by atoms with E-state index in [1.165, 1.54) is 12.8 Å². The first-order valence-corrected chi connectivity index (χ1v) is 14.9. The van der Waals surface area contributed by atoms with Crippen LogP contribution >= 0.6 is 0 Å². The van der Waals surface area contributed by atoms with E-state index in [4.69, 9.17) is 15.5 Å². The van der Waals surface area contributed by atoms with E-state index in [9.17, 15) is 13.6 Å². The van der Waals surface area contributed by atoms with E-state index in [0.717, 1.165) is 47.3 Å². The predicted octanol–water partition coefficient (Wildman–Crippen LogP) is 5.68. The van der Waals surface area contributed by atoms with Gasteiger partial charge in [0.2, 0.25) is 5.92 Å². The highest BCUT2D eigenvalue weighted by molar-refractivity contribution is 6.00. The maximum Gasteiger partial charge on any atom is 0.254 e. The number of nitrogens with two attached hydrogens (primary N) is 1. The third-order valence-electron chi connectivity index (χ3n) is 9.98. The van der Waals surface area contributed by atoms with Crippen molar-refractivity contribution in [2.45, 2.75) is 69.6 Å². The van der Waals surface area contributed by atoms with Crippen molar-refractivity contribution in [1.29, 1.82) is 0 Å². The van der Waals surface area contributed by atoms with Crippen molar-refractivity contribution < 1.29 is 18.3 Å². The Balaban J connectivity index is 1.28. The molecular formula is C32H35F2N5O2. The Labute approximate surface area is 237 Å². The van der Waals surface area contributed by atoms with Crippen molar-refractivity contribution in [3.63, 3.8) is 0 Å². The van der Waals surface area contributed by atoms with E-state index < -0.39 is 5.92 Å². The number of benzene rings is 2. The topological polar surface area (TPSA) is 78.3 Å². The number of likely N-dealkylation sites (tertiary alicyclic amines) is 1. The number of alkyl halides is 2. The maximum absolute atomic E-state index is 13.9. The average Bonchev–Trinajstić information content (AvgIpc) is 3.31. The van der Waals surface area contributed by atoms with E-state index >= 15 is 0 Å². The number of imidazole rings is 1. The van der Waals surface area contributed by atoms with Gasteiger partial charge in [-0.1, -0.05) is 18.2 Å². The summed E-state index contributed by atoms with van der Waals surface area (Å²) in [5.41, 5.74) is 10.4. The van der Waals surface area contributed by atoms with Crippen molar-refractivity contribution in [3.8, 4) is 17.3 Å². The van der Waals surface area contributed by atoms with Gasteiger partial charge in [0, 0.05) is 61.0 Å². The van der Waals surface area contributed by atoms with Crippen LogP contribution in [0.2, 0.25) is 0 Å². The predicted molar refractivity (Wildman–Crippen MR) is 153 cm³/mol. The number of halogens is 2. The SMILES string of the molecule is COc1cc(C(=O)N2CC3CCC2[C@@H]3N)cc2nc(-c3cc4ccccc4n3CC3CC3)n(CC3CC(F)(F)C3)c12. The molecule has 3 saturated carbocycles. The molecule has 2 aromatic heterocycles. The van der Waals surface area contributed by atoms with Crippen LogP contribution in [0.15, 0.2) is 42.5 Å². The molecule has 2 unspecified atom stereocenters.